The summed E-state index contributed by atoms with van der Waals surface area (Å²) in [7, 11) is 1.72. The summed E-state index contributed by atoms with van der Waals surface area (Å²) >= 11 is 0. The van der Waals surface area contributed by atoms with E-state index in [0.29, 0.717) is 12.1 Å². The monoisotopic (exact) mass is 312 g/mol. The quantitative estimate of drug-likeness (QED) is 0.863. The Morgan fingerprint density at radius 3 is 2.57 bits per heavy atom. The third-order valence-electron chi connectivity index (χ3n) is 4.15. The largest absolute Gasteiger partial charge is 0.380 e. The van der Waals surface area contributed by atoms with E-state index < -0.39 is 0 Å². The summed E-state index contributed by atoms with van der Waals surface area (Å²) in [6.07, 6.45) is 0.123. The van der Waals surface area contributed by atoms with Crippen LogP contribution >= 0.6 is 0 Å². The lowest BCUT2D eigenvalue weighted by Crippen LogP contribution is -2.34. The van der Waals surface area contributed by atoms with Gasteiger partial charge in [0.05, 0.1) is 18.4 Å². The summed E-state index contributed by atoms with van der Waals surface area (Å²) in [6.45, 7) is 4.26. The van der Waals surface area contributed by atoms with Gasteiger partial charge < -0.3 is 9.64 Å². The molecule has 0 radical (unpaired) electrons. The molecule has 2 aromatic carbocycles. The molecule has 23 heavy (non-hydrogen) atoms. The highest BCUT2D eigenvalue weighted by Crippen LogP contribution is 2.27. The zero-order valence-corrected chi connectivity index (χ0v) is 13.5. The summed E-state index contributed by atoms with van der Waals surface area (Å²) in [5, 5.41) is 0. The molecule has 0 N–H and O–H groups in total. The van der Waals surface area contributed by atoms with Gasteiger partial charge in [0.15, 0.2) is 0 Å². The van der Waals surface area contributed by atoms with Crippen molar-refractivity contribution in [3.8, 4) is 0 Å². The molecule has 0 fully saturated rings. The third kappa shape index (κ3) is 3.27. The van der Waals surface area contributed by atoms with Crippen LogP contribution in [0.5, 0.6) is 0 Å². The minimum absolute atomic E-state index is 0.123. The summed E-state index contributed by atoms with van der Waals surface area (Å²) in [5.41, 5.74) is 3.34. The van der Waals surface area contributed by atoms with Gasteiger partial charge in [0.25, 0.3) is 0 Å². The van der Waals surface area contributed by atoms with Gasteiger partial charge in [-0.3, -0.25) is 4.99 Å². The smallest absolute Gasteiger partial charge is 0.132 e. The van der Waals surface area contributed by atoms with Crippen molar-refractivity contribution >= 4 is 11.4 Å². The summed E-state index contributed by atoms with van der Waals surface area (Å²) in [4.78, 5) is 6.94. The van der Waals surface area contributed by atoms with Crippen molar-refractivity contribution in [2.45, 2.75) is 13.0 Å². The fourth-order valence-corrected chi connectivity index (χ4v) is 2.90. The van der Waals surface area contributed by atoms with E-state index in [9.17, 15) is 4.39 Å². The molecular formula is C19H21FN2O. The second-order valence-corrected chi connectivity index (χ2v) is 5.72. The SMILES string of the molecule is COC(C)CN1CCN=C(c2ccccc2F)c2ccccc21. The Bertz CT molecular complexity index is 714. The Morgan fingerprint density at radius 1 is 1.13 bits per heavy atom. The van der Waals surface area contributed by atoms with Crippen molar-refractivity contribution in [1.29, 1.82) is 0 Å². The normalized spacial score (nSPS) is 15.6. The van der Waals surface area contributed by atoms with Gasteiger partial charge >= 0.3 is 0 Å². The van der Waals surface area contributed by atoms with Crippen molar-refractivity contribution in [3.63, 3.8) is 0 Å². The molecule has 4 heteroatoms. The molecule has 2 aromatic rings. The van der Waals surface area contributed by atoms with Gasteiger partial charge in [-0.15, -0.1) is 0 Å². The number of rotatable bonds is 4. The van der Waals surface area contributed by atoms with Crippen LogP contribution in [-0.4, -0.2) is 38.6 Å². The highest BCUT2D eigenvalue weighted by Gasteiger charge is 2.22. The van der Waals surface area contributed by atoms with Gasteiger partial charge in [-0.2, -0.15) is 0 Å². The Labute approximate surface area is 136 Å². The molecule has 1 atom stereocenters. The molecule has 120 valence electrons. The summed E-state index contributed by atoms with van der Waals surface area (Å²) in [5.74, 6) is -0.236. The first-order valence-corrected chi connectivity index (χ1v) is 7.87. The van der Waals surface area contributed by atoms with Crippen LogP contribution in [0.4, 0.5) is 10.1 Å². The van der Waals surface area contributed by atoms with Crippen molar-refractivity contribution in [3.05, 3.63) is 65.5 Å². The van der Waals surface area contributed by atoms with Gasteiger partial charge in [0.2, 0.25) is 0 Å². The lowest BCUT2D eigenvalue weighted by atomic mass is 9.99. The number of halogens is 1. The van der Waals surface area contributed by atoms with E-state index in [1.807, 2.05) is 31.2 Å². The number of anilines is 1. The highest BCUT2D eigenvalue weighted by atomic mass is 19.1. The minimum Gasteiger partial charge on any atom is -0.380 e. The zero-order valence-electron chi connectivity index (χ0n) is 13.5. The molecule has 0 bridgehead atoms. The summed E-state index contributed by atoms with van der Waals surface area (Å²) < 4.78 is 19.6. The number of hydrogen-bond donors (Lipinski definition) is 0. The van der Waals surface area contributed by atoms with E-state index in [-0.39, 0.29) is 11.9 Å². The lowest BCUT2D eigenvalue weighted by Gasteiger charge is -2.27. The number of hydrogen-bond acceptors (Lipinski definition) is 3. The number of para-hydroxylation sites is 1. The number of aliphatic imine (C=N–C) groups is 1. The molecule has 0 amide bonds. The second kappa shape index (κ2) is 6.92. The Kier molecular flexibility index (Phi) is 4.72. The topological polar surface area (TPSA) is 24.8 Å². The van der Waals surface area contributed by atoms with E-state index in [1.165, 1.54) is 6.07 Å². The number of fused-ring (bicyclic) bond motifs is 1. The first kappa shape index (κ1) is 15.7. The molecule has 0 saturated heterocycles. The number of methoxy groups -OCH3 is 1. The fourth-order valence-electron chi connectivity index (χ4n) is 2.90. The Balaban J connectivity index is 2.04. The van der Waals surface area contributed by atoms with Crippen LogP contribution in [0, 0.1) is 5.82 Å². The molecule has 1 heterocycles. The van der Waals surface area contributed by atoms with Crippen LogP contribution in [0.2, 0.25) is 0 Å². The third-order valence-corrected chi connectivity index (χ3v) is 4.15. The molecule has 0 aromatic heterocycles. The molecule has 1 aliphatic heterocycles. The second-order valence-electron chi connectivity index (χ2n) is 5.72. The molecule has 0 saturated carbocycles. The van der Waals surface area contributed by atoms with Gasteiger partial charge in [-0.1, -0.05) is 30.3 Å². The Hall–Kier alpha value is -2.20. The van der Waals surface area contributed by atoms with E-state index in [0.717, 1.165) is 30.1 Å². The number of benzodiazepines with no additional fused rings is 1. The van der Waals surface area contributed by atoms with Crippen molar-refractivity contribution in [2.24, 2.45) is 4.99 Å². The van der Waals surface area contributed by atoms with Crippen LogP contribution in [-0.2, 0) is 4.74 Å². The van der Waals surface area contributed by atoms with Crippen molar-refractivity contribution in [1.82, 2.24) is 0 Å². The van der Waals surface area contributed by atoms with Crippen LogP contribution in [0.1, 0.15) is 18.1 Å². The van der Waals surface area contributed by atoms with Gasteiger partial charge in [0.1, 0.15) is 5.82 Å². The molecule has 0 spiro atoms. The average Bonchev–Trinajstić information content (AvgIpc) is 2.75. The van der Waals surface area contributed by atoms with Crippen LogP contribution in [0.3, 0.4) is 0 Å². The maximum atomic E-state index is 14.2. The lowest BCUT2D eigenvalue weighted by molar-refractivity contribution is 0.123. The molecular weight excluding hydrogens is 291 g/mol. The predicted octanol–water partition coefficient (Wildman–Crippen LogP) is 3.52. The van der Waals surface area contributed by atoms with Crippen LogP contribution < -0.4 is 4.90 Å². The van der Waals surface area contributed by atoms with E-state index >= 15 is 0 Å². The van der Waals surface area contributed by atoms with Crippen molar-refractivity contribution in [2.75, 3.05) is 31.6 Å². The Morgan fingerprint density at radius 2 is 1.83 bits per heavy atom. The first-order valence-electron chi connectivity index (χ1n) is 7.87. The maximum absolute atomic E-state index is 14.2. The average molecular weight is 312 g/mol. The van der Waals surface area contributed by atoms with Gasteiger partial charge in [-0.25, -0.2) is 4.39 Å². The molecule has 1 unspecified atom stereocenters. The standard InChI is InChI=1S/C19H21FN2O/c1-14(23-2)13-22-12-11-21-19(15-7-3-5-9-17(15)20)16-8-4-6-10-18(16)22/h3-10,14H,11-13H2,1-2H3. The van der Waals surface area contributed by atoms with Gasteiger partial charge in [-0.05, 0) is 25.1 Å². The number of ether oxygens (including phenoxy) is 1. The number of benzene rings is 2. The zero-order chi connectivity index (χ0) is 16.2. The molecule has 1 aliphatic rings. The van der Waals surface area contributed by atoms with Crippen LogP contribution in [0.15, 0.2) is 53.5 Å². The predicted molar refractivity (Wildman–Crippen MR) is 92.0 cm³/mol. The maximum Gasteiger partial charge on any atom is 0.132 e. The van der Waals surface area contributed by atoms with Crippen molar-refractivity contribution < 1.29 is 9.13 Å². The van der Waals surface area contributed by atoms with Gasteiger partial charge in [0, 0.05) is 37.0 Å². The fraction of sp³-hybridized carbons (Fsp3) is 0.316. The van der Waals surface area contributed by atoms with Crippen LogP contribution in [0.25, 0.3) is 0 Å². The van der Waals surface area contributed by atoms with E-state index in [2.05, 4.69) is 16.0 Å². The first-order chi connectivity index (χ1) is 11.2. The highest BCUT2D eigenvalue weighted by molar-refractivity contribution is 6.16. The van der Waals surface area contributed by atoms with E-state index in [4.69, 9.17) is 4.74 Å². The summed E-state index contributed by atoms with van der Waals surface area (Å²) in [6, 6.07) is 14.9. The minimum atomic E-state index is -0.236. The molecule has 3 rings (SSSR count). The molecule has 0 aliphatic carbocycles. The van der Waals surface area contributed by atoms with E-state index in [1.54, 1.807) is 19.2 Å². The molecule has 3 nitrogen and oxygen atoms in total. The number of nitrogens with zero attached hydrogens (tertiary/aromatic N) is 2.